The highest BCUT2D eigenvalue weighted by Crippen LogP contribution is 2.27. The van der Waals surface area contributed by atoms with Crippen LogP contribution in [0.2, 0.25) is 0 Å². The number of likely N-dealkylation sites (tertiary alicyclic amines) is 1. The molecule has 1 aliphatic carbocycles. The van der Waals surface area contributed by atoms with Gasteiger partial charge in [0, 0.05) is 19.1 Å². The fourth-order valence-corrected chi connectivity index (χ4v) is 6.12. The lowest BCUT2D eigenvalue weighted by molar-refractivity contribution is -0.140. The van der Waals surface area contributed by atoms with Gasteiger partial charge in [0.25, 0.3) is 0 Å². The molecule has 3 aliphatic rings. The molecule has 6 heteroatoms. The van der Waals surface area contributed by atoms with Crippen molar-refractivity contribution in [1.29, 1.82) is 0 Å². The maximum atomic E-state index is 13.0. The lowest BCUT2D eigenvalue weighted by Crippen LogP contribution is -2.51. The Kier molecular flexibility index (Phi) is 7.72. The molecule has 2 heterocycles. The largest absolute Gasteiger partial charge is 0.341 e. The second kappa shape index (κ2) is 10.7. The fourth-order valence-electron chi connectivity index (χ4n) is 4.99. The highest BCUT2D eigenvalue weighted by Gasteiger charge is 2.35. The van der Waals surface area contributed by atoms with E-state index in [1.54, 1.807) is 16.7 Å². The molecule has 1 atom stereocenters. The summed E-state index contributed by atoms with van der Waals surface area (Å²) < 4.78 is 0. The predicted molar refractivity (Wildman–Crippen MR) is 122 cm³/mol. The summed E-state index contributed by atoms with van der Waals surface area (Å²) in [6.45, 7) is 1.85. The summed E-state index contributed by atoms with van der Waals surface area (Å²) in [6.07, 6.45) is 10.7. The third-order valence-corrected chi connectivity index (χ3v) is 7.96. The Morgan fingerprint density at radius 3 is 2.40 bits per heavy atom. The van der Waals surface area contributed by atoms with Gasteiger partial charge >= 0.3 is 0 Å². The first kappa shape index (κ1) is 21.7. The molecule has 1 N–H and O–H groups in total. The standard InChI is InChI=1S/C24H35N3O2S/c28-22(26-14-12-20(13-15-26)16-19-8-4-3-5-9-19)17-27-23(29)18-30-24(27)25-21-10-6-1-2-7-11-21/h3-5,8-9,20-21,24-25H,1-2,6-7,10-18H2. The van der Waals surface area contributed by atoms with Crippen molar-refractivity contribution in [2.24, 2.45) is 5.92 Å². The van der Waals surface area contributed by atoms with Gasteiger partial charge in [0.2, 0.25) is 11.8 Å². The number of nitrogens with zero attached hydrogens (tertiary/aromatic N) is 2. The number of thioether (sulfide) groups is 1. The first-order valence-electron chi connectivity index (χ1n) is 11.7. The summed E-state index contributed by atoms with van der Waals surface area (Å²) in [5, 5.41) is 3.68. The zero-order valence-corrected chi connectivity index (χ0v) is 18.7. The predicted octanol–water partition coefficient (Wildman–Crippen LogP) is 3.64. The summed E-state index contributed by atoms with van der Waals surface area (Å²) in [5.41, 5.74) is 1.34. The monoisotopic (exact) mass is 429 g/mol. The molecule has 2 saturated heterocycles. The maximum Gasteiger partial charge on any atom is 0.242 e. The molecule has 1 aromatic rings. The molecular weight excluding hydrogens is 394 g/mol. The van der Waals surface area contributed by atoms with Crippen LogP contribution in [0.5, 0.6) is 0 Å². The Hall–Kier alpha value is -1.53. The smallest absolute Gasteiger partial charge is 0.242 e. The van der Waals surface area contributed by atoms with E-state index in [1.165, 1.54) is 44.1 Å². The fraction of sp³-hybridized carbons (Fsp3) is 0.667. The molecule has 0 bridgehead atoms. The van der Waals surface area contributed by atoms with Crippen LogP contribution in [0.15, 0.2) is 30.3 Å². The minimum atomic E-state index is -0.0415. The molecule has 30 heavy (non-hydrogen) atoms. The number of carbonyl (C=O) groups excluding carboxylic acids is 2. The van der Waals surface area contributed by atoms with Gasteiger partial charge in [-0.15, -0.1) is 11.8 Å². The van der Waals surface area contributed by atoms with Gasteiger partial charge in [-0.2, -0.15) is 0 Å². The Morgan fingerprint density at radius 1 is 1.00 bits per heavy atom. The quantitative estimate of drug-likeness (QED) is 0.702. The molecule has 5 nitrogen and oxygen atoms in total. The van der Waals surface area contributed by atoms with Gasteiger partial charge < -0.3 is 9.80 Å². The minimum Gasteiger partial charge on any atom is -0.341 e. The molecule has 1 aromatic carbocycles. The van der Waals surface area contributed by atoms with Gasteiger partial charge in [0.15, 0.2) is 0 Å². The zero-order chi connectivity index (χ0) is 20.8. The molecule has 2 aliphatic heterocycles. The Balaban J connectivity index is 1.25. The number of benzene rings is 1. The van der Waals surface area contributed by atoms with Crippen molar-refractivity contribution in [1.82, 2.24) is 15.1 Å². The molecule has 1 saturated carbocycles. The van der Waals surface area contributed by atoms with Crippen LogP contribution < -0.4 is 5.32 Å². The summed E-state index contributed by atoms with van der Waals surface area (Å²) >= 11 is 1.64. The first-order chi connectivity index (χ1) is 14.7. The lowest BCUT2D eigenvalue weighted by Gasteiger charge is -2.34. The van der Waals surface area contributed by atoms with Crippen molar-refractivity contribution in [2.45, 2.75) is 69.3 Å². The minimum absolute atomic E-state index is 0.0415. The zero-order valence-electron chi connectivity index (χ0n) is 17.9. The Labute approximate surface area is 184 Å². The SMILES string of the molecule is O=C(CN1C(=O)CSC1NC1CCCCCC1)N1CCC(Cc2ccccc2)CC1. The third kappa shape index (κ3) is 5.79. The summed E-state index contributed by atoms with van der Waals surface area (Å²) in [6, 6.07) is 11.1. The van der Waals surface area contributed by atoms with Gasteiger partial charge in [-0.05, 0) is 43.6 Å². The van der Waals surface area contributed by atoms with Crippen LogP contribution in [0, 0.1) is 5.92 Å². The lowest BCUT2D eigenvalue weighted by atomic mass is 9.90. The van der Waals surface area contributed by atoms with Crippen LogP contribution in [-0.4, -0.2) is 58.5 Å². The molecule has 2 amide bonds. The van der Waals surface area contributed by atoms with Crippen molar-refractivity contribution < 1.29 is 9.59 Å². The highest BCUT2D eigenvalue weighted by molar-refractivity contribution is 8.00. The molecule has 3 fully saturated rings. The second-order valence-electron chi connectivity index (χ2n) is 9.05. The molecule has 164 valence electrons. The van der Waals surface area contributed by atoms with Gasteiger partial charge in [-0.25, -0.2) is 0 Å². The second-order valence-corrected chi connectivity index (χ2v) is 10.1. The van der Waals surface area contributed by atoms with Crippen molar-refractivity contribution in [3.05, 3.63) is 35.9 Å². The molecule has 0 aromatic heterocycles. The van der Waals surface area contributed by atoms with E-state index in [2.05, 4.69) is 35.6 Å². The topological polar surface area (TPSA) is 52.7 Å². The van der Waals surface area contributed by atoms with E-state index >= 15 is 0 Å². The Bertz CT molecular complexity index is 698. The number of hydrogen-bond donors (Lipinski definition) is 1. The van der Waals surface area contributed by atoms with Crippen LogP contribution in [0.3, 0.4) is 0 Å². The number of rotatable bonds is 6. The van der Waals surface area contributed by atoms with E-state index in [4.69, 9.17) is 0 Å². The summed E-state index contributed by atoms with van der Waals surface area (Å²) in [5.74, 6) is 1.33. The van der Waals surface area contributed by atoms with Crippen LogP contribution >= 0.6 is 11.8 Å². The number of amides is 2. The number of nitrogens with one attached hydrogen (secondary N) is 1. The summed E-state index contributed by atoms with van der Waals surface area (Å²) in [7, 11) is 0. The average molecular weight is 430 g/mol. The Morgan fingerprint density at radius 2 is 1.70 bits per heavy atom. The van der Waals surface area contributed by atoms with E-state index in [-0.39, 0.29) is 23.9 Å². The average Bonchev–Trinajstić information content (AvgIpc) is 2.95. The van der Waals surface area contributed by atoms with Crippen molar-refractivity contribution in [3.8, 4) is 0 Å². The van der Waals surface area contributed by atoms with Gasteiger partial charge in [0.1, 0.15) is 12.0 Å². The third-order valence-electron chi connectivity index (χ3n) is 6.84. The molecular formula is C24H35N3O2S. The molecule has 0 radical (unpaired) electrons. The maximum absolute atomic E-state index is 13.0. The van der Waals surface area contributed by atoms with Crippen molar-refractivity contribution in [2.75, 3.05) is 25.4 Å². The van der Waals surface area contributed by atoms with E-state index in [0.29, 0.717) is 17.7 Å². The van der Waals surface area contributed by atoms with E-state index in [1.807, 2.05) is 4.90 Å². The highest BCUT2D eigenvalue weighted by atomic mass is 32.2. The molecule has 0 spiro atoms. The summed E-state index contributed by atoms with van der Waals surface area (Å²) in [4.78, 5) is 29.2. The van der Waals surface area contributed by atoms with Gasteiger partial charge in [-0.1, -0.05) is 56.0 Å². The van der Waals surface area contributed by atoms with E-state index in [9.17, 15) is 9.59 Å². The first-order valence-corrected chi connectivity index (χ1v) is 12.7. The number of piperidine rings is 1. The van der Waals surface area contributed by atoms with Crippen LogP contribution in [0.25, 0.3) is 0 Å². The van der Waals surface area contributed by atoms with Crippen LogP contribution in [0.1, 0.15) is 56.9 Å². The molecule has 1 unspecified atom stereocenters. The number of carbonyl (C=O) groups is 2. The van der Waals surface area contributed by atoms with Gasteiger partial charge in [0.05, 0.1) is 5.75 Å². The van der Waals surface area contributed by atoms with Gasteiger partial charge in [-0.3, -0.25) is 14.9 Å². The number of hydrogen-bond acceptors (Lipinski definition) is 4. The normalized spacial score (nSPS) is 24.3. The van der Waals surface area contributed by atoms with E-state index < -0.39 is 0 Å². The van der Waals surface area contributed by atoms with E-state index in [0.717, 1.165) is 32.4 Å². The van der Waals surface area contributed by atoms with Crippen LogP contribution in [0.4, 0.5) is 0 Å². The van der Waals surface area contributed by atoms with Crippen molar-refractivity contribution >= 4 is 23.6 Å². The van der Waals surface area contributed by atoms with Crippen molar-refractivity contribution in [3.63, 3.8) is 0 Å². The molecule has 4 rings (SSSR count). The van der Waals surface area contributed by atoms with Crippen LogP contribution in [-0.2, 0) is 16.0 Å².